The summed E-state index contributed by atoms with van der Waals surface area (Å²) in [6.45, 7) is 22.9. The first-order valence-corrected chi connectivity index (χ1v) is 18.7. The molecule has 0 aliphatic rings. The maximum Gasteiger partial charge on any atom is 0.303 e. The lowest BCUT2D eigenvalue weighted by atomic mass is 9.99. The number of rotatable bonds is 20. The van der Waals surface area contributed by atoms with Crippen molar-refractivity contribution < 1.29 is 33.9 Å². The molecule has 6 N–H and O–H groups in total. The van der Waals surface area contributed by atoms with Gasteiger partial charge in [0.05, 0.1) is 13.1 Å². The van der Waals surface area contributed by atoms with Crippen LogP contribution in [0.2, 0.25) is 0 Å². The zero-order valence-electron chi connectivity index (χ0n) is 33.7. The maximum absolute atomic E-state index is 12.0. The number of carbonyl (C=O) groups excluding carboxylic acids is 5. The van der Waals surface area contributed by atoms with Crippen molar-refractivity contribution in [2.24, 2.45) is 11.8 Å². The molecule has 1 rings (SSSR count). The molecule has 0 radical (unpaired) electrons. The Morgan fingerprint density at radius 2 is 1.29 bits per heavy atom. The Hall–Kier alpha value is -3.96. The zero-order valence-corrected chi connectivity index (χ0v) is 33.7. The molecular weight excluding hydrogens is 650 g/mol. The first-order valence-electron chi connectivity index (χ1n) is 18.7. The van der Waals surface area contributed by atoms with E-state index in [1.54, 1.807) is 0 Å². The van der Waals surface area contributed by atoms with Crippen LogP contribution in [0.15, 0.2) is 30.3 Å². The minimum Gasteiger partial charge on any atom is -0.481 e. The Bertz CT molecular complexity index is 1020. The van der Waals surface area contributed by atoms with E-state index in [1.165, 1.54) is 12.8 Å². The number of amides is 5. The zero-order chi connectivity index (χ0) is 40.0. The van der Waals surface area contributed by atoms with Crippen molar-refractivity contribution in [2.45, 2.75) is 153 Å². The smallest absolute Gasteiger partial charge is 0.303 e. The van der Waals surface area contributed by atoms with Crippen LogP contribution in [0.1, 0.15) is 140 Å². The molecule has 0 saturated heterocycles. The first-order chi connectivity index (χ1) is 24.2. The van der Waals surface area contributed by atoms with E-state index >= 15 is 0 Å². The van der Waals surface area contributed by atoms with Crippen molar-refractivity contribution in [3.8, 4) is 0 Å². The molecule has 296 valence electrons. The number of nitrogens with one attached hydrogen (secondary N) is 5. The topological polar surface area (TPSA) is 183 Å². The fourth-order valence-electron chi connectivity index (χ4n) is 3.88. The van der Waals surface area contributed by atoms with E-state index in [9.17, 15) is 28.8 Å². The fourth-order valence-corrected chi connectivity index (χ4v) is 3.88. The van der Waals surface area contributed by atoms with Crippen LogP contribution in [-0.4, -0.2) is 66.3 Å². The number of hydrogen-bond donors (Lipinski definition) is 6. The van der Waals surface area contributed by atoms with Crippen molar-refractivity contribution in [1.29, 1.82) is 0 Å². The van der Waals surface area contributed by atoms with Gasteiger partial charge >= 0.3 is 5.97 Å². The number of hydrogen-bond acceptors (Lipinski definition) is 6. The second kappa shape index (κ2) is 38.8. The van der Waals surface area contributed by atoms with Gasteiger partial charge in [-0.2, -0.15) is 0 Å². The Balaban J connectivity index is -0.000000402. The molecule has 0 saturated carbocycles. The van der Waals surface area contributed by atoms with Crippen LogP contribution < -0.4 is 26.6 Å². The molecule has 0 aromatic heterocycles. The average molecular weight is 724 g/mol. The monoisotopic (exact) mass is 724 g/mol. The van der Waals surface area contributed by atoms with Gasteiger partial charge in [-0.15, -0.1) is 0 Å². The van der Waals surface area contributed by atoms with E-state index in [-0.39, 0.29) is 61.6 Å². The Labute approximate surface area is 309 Å². The van der Waals surface area contributed by atoms with Crippen molar-refractivity contribution in [1.82, 2.24) is 26.6 Å². The van der Waals surface area contributed by atoms with Gasteiger partial charge in [-0.1, -0.05) is 119 Å². The molecule has 0 bridgehead atoms. The minimum atomic E-state index is -0.849. The van der Waals surface area contributed by atoms with E-state index in [4.69, 9.17) is 5.11 Å². The largest absolute Gasteiger partial charge is 0.481 e. The summed E-state index contributed by atoms with van der Waals surface area (Å²) in [6.07, 6.45) is 6.14. The number of benzene rings is 1. The van der Waals surface area contributed by atoms with Crippen molar-refractivity contribution in [2.75, 3.05) is 13.1 Å². The van der Waals surface area contributed by atoms with E-state index in [0.29, 0.717) is 44.1 Å². The van der Waals surface area contributed by atoms with Crippen LogP contribution in [0.3, 0.4) is 0 Å². The predicted octanol–water partition coefficient (Wildman–Crippen LogP) is 6.13. The Kier molecular flexibility index (Phi) is 41.0. The van der Waals surface area contributed by atoms with Gasteiger partial charge in [0.1, 0.15) is 0 Å². The molecule has 51 heavy (non-hydrogen) atoms. The average Bonchev–Trinajstić information content (AvgIpc) is 3.09. The van der Waals surface area contributed by atoms with Gasteiger partial charge in [0.2, 0.25) is 30.0 Å². The lowest BCUT2D eigenvalue weighted by Gasteiger charge is -2.20. The number of carboxylic acids is 1. The molecule has 1 aromatic rings. The van der Waals surface area contributed by atoms with Crippen LogP contribution in [0.5, 0.6) is 0 Å². The van der Waals surface area contributed by atoms with Gasteiger partial charge in [0.25, 0.3) is 0 Å². The molecule has 0 aliphatic heterocycles. The van der Waals surface area contributed by atoms with E-state index < -0.39 is 5.97 Å². The summed E-state index contributed by atoms with van der Waals surface area (Å²) in [5.74, 6) is -0.905. The van der Waals surface area contributed by atoms with Gasteiger partial charge in [-0.3, -0.25) is 28.8 Å². The van der Waals surface area contributed by atoms with Crippen LogP contribution >= 0.6 is 0 Å². The molecule has 0 spiro atoms. The normalized spacial score (nSPS) is 11.3. The van der Waals surface area contributed by atoms with Crippen molar-refractivity contribution in [3.05, 3.63) is 35.9 Å². The molecular formula is C39H73N5O7. The van der Waals surface area contributed by atoms with E-state index in [0.717, 1.165) is 18.4 Å². The van der Waals surface area contributed by atoms with Gasteiger partial charge < -0.3 is 31.7 Å². The fraction of sp³-hybridized carbons (Fsp3) is 0.692. The quantitative estimate of drug-likeness (QED) is 0.0875. The lowest BCUT2D eigenvalue weighted by Crippen LogP contribution is -2.42. The molecule has 0 fully saturated rings. The Morgan fingerprint density at radius 1 is 0.725 bits per heavy atom. The van der Waals surface area contributed by atoms with Crippen LogP contribution in [-0.2, 0) is 35.3 Å². The standard InChI is InChI=1S/C20H30N4O4.C11H21NO3.2C3H8.C2H6/c1-15(2)10-17(24-20(28)12-21-14-25)8-9-18(26)23-13-19(27)22-11-16-6-4-3-5-7-16;1-4-8(2)9(3)12-10(13)6-5-7-11(14)15;2*1-3-2;1-2/h3-7,14-15,17H,8-13H2,1-2H3,(H,21,25)(H,22,27)(H,23,26)(H,24,28);8-9H,4-7H2,1-3H3,(H,12,13)(H,14,15);2*3H2,1-2H3;1-2H3/t;8-,9?;;;/m.1.../s1. The second-order valence-electron chi connectivity index (χ2n) is 12.4. The molecule has 12 heteroatoms. The highest BCUT2D eigenvalue weighted by Crippen LogP contribution is 2.10. The summed E-state index contributed by atoms with van der Waals surface area (Å²) in [7, 11) is 0. The number of carbonyl (C=O) groups is 6. The first kappa shape index (κ1) is 53.8. The molecule has 3 atom stereocenters. The van der Waals surface area contributed by atoms with Crippen molar-refractivity contribution >= 4 is 36.0 Å². The summed E-state index contributed by atoms with van der Waals surface area (Å²) >= 11 is 0. The third kappa shape index (κ3) is 40.4. The highest BCUT2D eigenvalue weighted by molar-refractivity contribution is 5.84. The van der Waals surface area contributed by atoms with Crippen LogP contribution in [0, 0.1) is 11.8 Å². The lowest BCUT2D eigenvalue weighted by molar-refractivity contribution is -0.137. The number of carboxylic acid groups (broad SMARTS) is 1. The Morgan fingerprint density at radius 3 is 1.78 bits per heavy atom. The van der Waals surface area contributed by atoms with Gasteiger partial charge in [-0.05, 0) is 43.6 Å². The second-order valence-corrected chi connectivity index (χ2v) is 12.4. The molecule has 0 aliphatic carbocycles. The molecule has 0 heterocycles. The summed E-state index contributed by atoms with van der Waals surface area (Å²) in [4.78, 5) is 67.4. The molecule has 12 nitrogen and oxygen atoms in total. The highest BCUT2D eigenvalue weighted by Gasteiger charge is 2.16. The van der Waals surface area contributed by atoms with Crippen LogP contribution in [0.25, 0.3) is 0 Å². The SMILES string of the molecule is CC.CC(C)CC(CCC(=O)NCC(=O)NCc1ccccc1)NC(=O)CNC=O.CCC.CCC.CC[C@@H](C)C(C)NC(=O)CCCC(=O)O. The summed E-state index contributed by atoms with van der Waals surface area (Å²) in [6, 6.07) is 9.50. The molecule has 2 unspecified atom stereocenters. The van der Waals surface area contributed by atoms with Crippen molar-refractivity contribution in [3.63, 3.8) is 0 Å². The van der Waals surface area contributed by atoms with E-state index in [2.05, 4.69) is 68.1 Å². The highest BCUT2D eigenvalue weighted by atomic mass is 16.4. The van der Waals surface area contributed by atoms with Gasteiger partial charge in [0.15, 0.2) is 0 Å². The van der Waals surface area contributed by atoms with Gasteiger partial charge in [0, 0.05) is 37.9 Å². The minimum absolute atomic E-state index is 0.0518. The molecule has 1 aromatic carbocycles. The third-order valence-corrected chi connectivity index (χ3v) is 6.65. The summed E-state index contributed by atoms with van der Waals surface area (Å²) < 4.78 is 0. The number of aliphatic carboxylic acids is 1. The van der Waals surface area contributed by atoms with Gasteiger partial charge in [-0.25, -0.2) is 0 Å². The third-order valence-electron chi connectivity index (χ3n) is 6.65. The van der Waals surface area contributed by atoms with E-state index in [1.807, 2.05) is 65.0 Å². The predicted molar refractivity (Wildman–Crippen MR) is 208 cm³/mol. The summed E-state index contributed by atoms with van der Waals surface area (Å²) in [5, 5.41) is 21.7. The maximum atomic E-state index is 12.0. The molecule has 5 amide bonds. The van der Waals surface area contributed by atoms with Crippen LogP contribution in [0.4, 0.5) is 0 Å². The summed E-state index contributed by atoms with van der Waals surface area (Å²) in [5.41, 5.74) is 0.985.